The Hall–Kier alpha value is -2.01. The van der Waals surface area contributed by atoms with Gasteiger partial charge in [-0.25, -0.2) is 4.79 Å². The van der Waals surface area contributed by atoms with Gasteiger partial charge in [-0.1, -0.05) is 24.9 Å². The number of ether oxygens (including phenoxy) is 1. The maximum Gasteiger partial charge on any atom is 0.336 e. The molecule has 2 aromatic rings. The molecule has 22 heavy (non-hydrogen) atoms. The molecule has 0 bridgehead atoms. The Labute approximate surface area is 132 Å². The number of carboxylic acids is 1. The molecule has 1 aromatic carbocycles. The van der Waals surface area contributed by atoms with Gasteiger partial charge in [-0.15, -0.1) is 0 Å². The first-order valence-electron chi connectivity index (χ1n) is 7.06. The third-order valence-electron chi connectivity index (χ3n) is 3.32. The minimum absolute atomic E-state index is 0.140. The van der Waals surface area contributed by atoms with Gasteiger partial charge in [0.25, 0.3) is 0 Å². The summed E-state index contributed by atoms with van der Waals surface area (Å²) in [5.74, 6) is -1.21. The SMILES string of the molecule is CCCCc1cc(=O)oc2cc(O[C@@H](C)C(=O)[O-])c(Cl)cc12. The van der Waals surface area contributed by atoms with Crippen LogP contribution in [-0.2, 0) is 11.2 Å². The quantitative estimate of drug-likeness (QED) is 0.762. The molecule has 0 fully saturated rings. The zero-order valence-corrected chi connectivity index (χ0v) is 13.1. The number of benzene rings is 1. The van der Waals surface area contributed by atoms with E-state index in [1.54, 1.807) is 6.07 Å². The molecule has 118 valence electrons. The molecular formula is C16H16ClO5-. The Morgan fingerprint density at radius 1 is 1.41 bits per heavy atom. The van der Waals surface area contributed by atoms with Crippen molar-refractivity contribution < 1.29 is 19.1 Å². The topological polar surface area (TPSA) is 79.6 Å². The van der Waals surface area contributed by atoms with Crippen molar-refractivity contribution in [3.63, 3.8) is 0 Å². The number of hydrogen-bond acceptors (Lipinski definition) is 5. The van der Waals surface area contributed by atoms with Crippen molar-refractivity contribution in [1.82, 2.24) is 0 Å². The monoisotopic (exact) mass is 323 g/mol. The molecule has 0 N–H and O–H groups in total. The van der Waals surface area contributed by atoms with Crippen LogP contribution in [0.1, 0.15) is 32.3 Å². The molecule has 0 aliphatic rings. The molecule has 0 unspecified atom stereocenters. The summed E-state index contributed by atoms with van der Waals surface area (Å²) in [5.41, 5.74) is 0.720. The van der Waals surface area contributed by atoms with Gasteiger partial charge in [0.1, 0.15) is 17.4 Å². The van der Waals surface area contributed by atoms with Crippen LogP contribution in [-0.4, -0.2) is 12.1 Å². The summed E-state index contributed by atoms with van der Waals surface area (Å²) < 4.78 is 10.4. The van der Waals surface area contributed by atoms with Gasteiger partial charge in [-0.05, 0) is 31.4 Å². The van der Waals surface area contributed by atoms with Crippen LogP contribution in [0.15, 0.2) is 27.4 Å². The Balaban J connectivity index is 2.49. The Kier molecular flexibility index (Phi) is 5.08. The van der Waals surface area contributed by atoms with E-state index in [1.165, 1.54) is 19.1 Å². The lowest BCUT2D eigenvalue weighted by Crippen LogP contribution is -2.37. The highest BCUT2D eigenvalue weighted by Gasteiger charge is 2.13. The van der Waals surface area contributed by atoms with Crippen LogP contribution in [0.4, 0.5) is 0 Å². The smallest absolute Gasteiger partial charge is 0.336 e. The molecule has 6 heteroatoms. The first-order chi connectivity index (χ1) is 10.4. The van der Waals surface area contributed by atoms with Gasteiger partial charge < -0.3 is 19.1 Å². The molecule has 1 aromatic heterocycles. The van der Waals surface area contributed by atoms with E-state index in [1.807, 2.05) is 0 Å². The number of unbranched alkanes of at least 4 members (excludes halogenated alkanes) is 1. The van der Waals surface area contributed by atoms with Gasteiger partial charge in [-0.3, -0.25) is 0 Å². The maximum absolute atomic E-state index is 11.6. The van der Waals surface area contributed by atoms with Gasteiger partial charge in [0, 0.05) is 17.5 Å². The lowest BCUT2D eigenvalue weighted by atomic mass is 10.0. The second-order valence-corrected chi connectivity index (χ2v) is 5.46. The van der Waals surface area contributed by atoms with Crippen LogP contribution >= 0.6 is 11.6 Å². The van der Waals surface area contributed by atoms with Crippen molar-refractivity contribution in [3.8, 4) is 5.75 Å². The fraction of sp³-hybridized carbons (Fsp3) is 0.375. The molecule has 0 spiro atoms. The summed E-state index contributed by atoms with van der Waals surface area (Å²) in [6, 6.07) is 4.52. The number of halogens is 1. The minimum Gasteiger partial charge on any atom is -0.546 e. The van der Waals surface area contributed by atoms with E-state index in [2.05, 4.69) is 6.92 Å². The normalized spacial score (nSPS) is 12.3. The predicted octanol–water partition coefficient (Wildman–Crippen LogP) is 2.31. The van der Waals surface area contributed by atoms with E-state index in [-0.39, 0.29) is 10.8 Å². The van der Waals surface area contributed by atoms with Crippen molar-refractivity contribution in [2.45, 2.75) is 39.2 Å². The van der Waals surface area contributed by atoms with Crippen LogP contribution in [0, 0.1) is 0 Å². The number of carbonyl (C=O) groups excluding carboxylic acids is 1. The molecule has 0 amide bonds. The molecule has 0 aliphatic heterocycles. The third-order valence-corrected chi connectivity index (χ3v) is 3.61. The van der Waals surface area contributed by atoms with Crippen LogP contribution in [0.3, 0.4) is 0 Å². The average molecular weight is 324 g/mol. The lowest BCUT2D eigenvalue weighted by molar-refractivity contribution is -0.312. The fourth-order valence-electron chi connectivity index (χ4n) is 2.13. The van der Waals surface area contributed by atoms with Crippen LogP contribution < -0.4 is 15.5 Å². The standard InChI is InChI=1S/C16H17ClO5/c1-3-4-5-10-6-15(18)22-13-8-14(12(17)7-11(10)13)21-9(2)16(19)20/h6-9H,3-5H2,1-2H3,(H,19,20)/p-1/t9-/m0/s1. The van der Waals surface area contributed by atoms with Crippen molar-refractivity contribution in [2.75, 3.05) is 0 Å². The van der Waals surface area contributed by atoms with Gasteiger partial charge in [0.15, 0.2) is 0 Å². The number of aliphatic carboxylic acids is 1. The number of carbonyl (C=O) groups is 1. The van der Waals surface area contributed by atoms with Crippen molar-refractivity contribution in [1.29, 1.82) is 0 Å². The van der Waals surface area contributed by atoms with E-state index in [4.69, 9.17) is 20.8 Å². The molecule has 1 heterocycles. The zero-order chi connectivity index (χ0) is 16.3. The van der Waals surface area contributed by atoms with E-state index in [0.29, 0.717) is 5.58 Å². The predicted molar refractivity (Wildman–Crippen MR) is 81.2 cm³/mol. The number of carboxylic acid groups (broad SMARTS) is 1. The molecule has 2 rings (SSSR count). The van der Waals surface area contributed by atoms with Crippen molar-refractivity contribution >= 4 is 28.5 Å². The largest absolute Gasteiger partial charge is 0.546 e. The van der Waals surface area contributed by atoms with Crippen molar-refractivity contribution in [3.05, 3.63) is 39.2 Å². The summed E-state index contributed by atoms with van der Waals surface area (Å²) in [5, 5.41) is 11.7. The third kappa shape index (κ3) is 3.60. The summed E-state index contributed by atoms with van der Waals surface area (Å²) >= 11 is 6.14. The summed E-state index contributed by atoms with van der Waals surface area (Å²) in [6.45, 7) is 3.40. The van der Waals surface area contributed by atoms with Gasteiger partial charge in [0.05, 0.1) is 11.0 Å². The van der Waals surface area contributed by atoms with Crippen molar-refractivity contribution in [2.24, 2.45) is 0 Å². The fourth-order valence-corrected chi connectivity index (χ4v) is 2.34. The van der Waals surface area contributed by atoms with E-state index >= 15 is 0 Å². The first-order valence-corrected chi connectivity index (χ1v) is 7.44. The van der Waals surface area contributed by atoms with Gasteiger partial charge >= 0.3 is 5.63 Å². The van der Waals surface area contributed by atoms with E-state index < -0.39 is 17.7 Å². The highest BCUT2D eigenvalue weighted by atomic mass is 35.5. The maximum atomic E-state index is 11.6. The first kappa shape index (κ1) is 16.4. The Morgan fingerprint density at radius 3 is 2.77 bits per heavy atom. The van der Waals surface area contributed by atoms with Crippen LogP contribution in [0.5, 0.6) is 5.75 Å². The summed E-state index contributed by atoms with van der Waals surface area (Å²) in [4.78, 5) is 22.4. The highest BCUT2D eigenvalue weighted by molar-refractivity contribution is 6.32. The number of fused-ring (bicyclic) bond motifs is 1. The molecule has 0 saturated carbocycles. The lowest BCUT2D eigenvalue weighted by Gasteiger charge is -2.17. The highest BCUT2D eigenvalue weighted by Crippen LogP contribution is 2.32. The number of rotatable bonds is 6. The minimum atomic E-state index is -1.35. The zero-order valence-electron chi connectivity index (χ0n) is 12.3. The second-order valence-electron chi connectivity index (χ2n) is 5.05. The molecule has 0 radical (unpaired) electrons. The van der Waals surface area contributed by atoms with Gasteiger partial charge in [-0.2, -0.15) is 0 Å². The van der Waals surface area contributed by atoms with E-state index in [0.717, 1.165) is 30.2 Å². The number of hydrogen-bond donors (Lipinski definition) is 0. The number of aryl methyl sites for hydroxylation is 1. The van der Waals surface area contributed by atoms with Crippen LogP contribution in [0.25, 0.3) is 11.0 Å². The molecule has 0 aliphatic carbocycles. The van der Waals surface area contributed by atoms with Crippen LogP contribution in [0.2, 0.25) is 5.02 Å². The Morgan fingerprint density at radius 2 is 2.14 bits per heavy atom. The summed E-state index contributed by atoms with van der Waals surface area (Å²) in [6.07, 6.45) is 1.52. The van der Waals surface area contributed by atoms with E-state index in [9.17, 15) is 14.7 Å². The molecular weight excluding hydrogens is 308 g/mol. The molecule has 5 nitrogen and oxygen atoms in total. The molecule has 0 saturated heterocycles. The summed E-state index contributed by atoms with van der Waals surface area (Å²) in [7, 11) is 0. The molecule has 1 atom stereocenters. The average Bonchev–Trinajstić information content (AvgIpc) is 2.46. The second kappa shape index (κ2) is 6.83. The van der Waals surface area contributed by atoms with Gasteiger partial charge in [0.2, 0.25) is 0 Å². The Bertz CT molecular complexity index is 750.